The number of ether oxygens (including phenoxy) is 1. The Morgan fingerprint density at radius 2 is 1.70 bits per heavy atom. The number of carbonyl (C=O) groups excluding carboxylic acids is 3. The number of amides is 3. The Labute approximate surface area is 301 Å². The van der Waals surface area contributed by atoms with Gasteiger partial charge in [0.2, 0.25) is 0 Å². The number of benzene rings is 2. The fraction of sp³-hybridized carbons (Fsp3) is 0.486. The van der Waals surface area contributed by atoms with E-state index in [0.717, 1.165) is 44.4 Å². The molecule has 0 bridgehead atoms. The number of aryl methyl sites for hydroxylation is 1. The van der Waals surface area contributed by atoms with Crippen LogP contribution in [0.1, 0.15) is 36.8 Å². The van der Waals surface area contributed by atoms with Crippen LogP contribution in [-0.4, -0.2) is 102 Å². The number of hydrogen-bond acceptors (Lipinski definition) is 6. The zero-order chi connectivity index (χ0) is 32.5. The van der Waals surface area contributed by atoms with Gasteiger partial charge in [0, 0.05) is 5.02 Å². The van der Waals surface area contributed by atoms with Gasteiger partial charge in [-0.25, -0.2) is 0 Å². The van der Waals surface area contributed by atoms with Crippen molar-refractivity contribution in [1.29, 1.82) is 0 Å². The SMILES string of the molecule is Cc1cc(Cl)cc(C[C@@H](OC(=O)N2CCC(N3C(=O)[I-]c4c3cnc3ccccc43)CC2)C(=O)N2CCN(C3CC[I-]CC3)CC2)c1. The molecule has 3 saturated heterocycles. The number of fused-ring (bicyclic) bond motifs is 3. The van der Waals surface area contributed by atoms with Crippen LogP contribution in [0.4, 0.5) is 15.3 Å². The van der Waals surface area contributed by atoms with Crippen LogP contribution in [-0.2, 0) is 16.0 Å². The zero-order valence-corrected chi connectivity index (χ0v) is 31.6. The predicted molar refractivity (Wildman–Crippen MR) is 174 cm³/mol. The second kappa shape index (κ2) is 14.7. The molecule has 5 heterocycles. The third kappa shape index (κ3) is 7.37. The van der Waals surface area contributed by atoms with E-state index >= 15 is 0 Å². The molecule has 0 N–H and O–H groups in total. The average Bonchev–Trinajstić information content (AvgIpc) is 3.44. The molecular weight excluding hydrogens is 844 g/mol. The molecule has 3 amide bonds. The Hall–Kier alpha value is -2.23. The Kier molecular flexibility index (Phi) is 10.4. The standard InChI is InChI=1S/C35H40ClI2N5O4/c1-23-18-24(20-25(36)19-23)21-31(33(44)41-16-14-40(15-17-41)26-6-10-37-11-7-26)47-35(46)42-12-8-27(9-13-42)43-30-22-39-29-5-3-2-4-28(29)32(30)38-34(43)45/h2-5,18-20,22,26-27,31H,6-17,21H2,1H3/q-2/t31-/m1/s1. The van der Waals surface area contributed by atoms with Crippen LogP contribution >= 0.6 is 11.6 Å². The summed E-state index contributed by atoms with van der Waals surface area (Å²) < 4.78 is 10.2. The minimum atomic E-state index is -0.930. The fourth-order valence-corrected chi connectivity index (χ4v) is 13.2. The van der Waals surface area contributed by atoms with Crippen molar-refractivity contribution in [2.45, 2.75) is 57.2 Å². The van der Waals surface area contributed by atoms with Gasteiger partial charge in [-0.2, -0.15) is 0 Å². The van der Waals surface area contributed by atoms with Crippen molar-refractivity contribution < 1.29 is 61.5 Å². The van der Waals surface area contributed by atoms with Crippen molar-refractivity contribution in [1.82, 2.24) is 19.7 Å². The van der Waals surface area contributed by atoms with Gasteiger partial charge in [-0.15, -0.1) is 0 Å². The average molecular weight is 884 g/mol. The van der Waals surface area contributed by atoms with Gasteiger partial charge >= 0.3 is 269 Å². The van der Waals surface area contributed by atoms with Gasteiger partial charge in [0.05, 0.1) is 0 Å². The number of para-hydroxylation sites is 1. The van der Waals surface area contributed by atoms with Crippen LogP contribution in [0.15, 0.2) is 48.7 Å². The number of anilines is 1. The molecule has 0 aliphatic carbocycles. The van der Waals surface area contributed by atoms with Crippen molar-refractivity contribution in [3.63, 3.8) is 0 Å². The van der Waals surface area contributed by atoms with E-state index in [9.17, 15) is 14.4 Å². The van der Waals surface area contributed by atoms with E-state index in [4.69, 9.17) is 16.3 Å². The summed E-state index contributed by atoms with van der Waals surface area (Å²) >= 11 is 5.96. The number of halogens is 3. The molecule has 4 aliphatic rings. The van der Waals surface area contributed by atoms with E-state index in [0.29, 0.717) is 71.3 Å². The van der Waals surface area contributed by atoms with Gasteiger partial charge < -0.3 is 0 Å². The van der Waals surface area contributed by atoms with Crippen LogP contribution < -0.4 is 47.3 Å². The number of piperidine rings is 1. The first-order valence-corrected chi connectivity index (χ1v) is 22.1. The number of aromatic nitrogens is 1. The van der Waals surface area contributed by atoms with Crippen LogP contribution in [0.3, 0.4) is 0 Å². The van der Waals surface area contributed by atoms with Gasteiger partial charge in [0.25, 0.3) is 0 Å². The summed E-state index contributed by atoms with van der Waals surface area (Å²) in [6.07, 6.45) is 4.59. The number of pyridine rings is 1. The molecular formula is C35H40ClI2N5O4-2. The Morgan fingerprint density at radius 1 is 0.957 bits per heavy atom. The number of likely N-dealkylation sites (tertiary alicyclic amines) is 1. The van der Waals surface area contributed by atoms with E-state index in [1.165, 1.54) is 21.7 Å². The van der Waals surface area contributed by atoms with Gasteiger partial charge in [0.1, 0.15) is 0 Å². The summed E-state index contributed by atoms with van der Waals surface area (Å²) in [5.41, 5.74) is 3.72. The zero-order valence-electron chi connectivity index (χ0n) is 26.5. The molecule has 0 saturated carbocycles. The van der Waals surface area contributed by atoms with E-state index in [2.05, 4.69) is 16.0 Å². The molecule has 2 aromatic carbocycles. The van der Waals surface area contributed by atoms with Gasteiger partial charge in [0.15, 0.2) is 0 Å². The van der Waals surface area contributed by atoms with Crippen molar-refractivity contribution >= 4 is 44.1 Å². The molecule has 7 rings (SSSR count). The molecule has 4 aliphatic heterocycles. The van der Waals surface area contributed by atoms with Crippen molar-refractivity contribution in [3.8, 4) is 0 Å². The van der Waals surface area contributed by atoms with Crippen molar-refractivity contribution in [2.75, 3.05) is 53.0 Å². The van der Waals surface area contributed by atoms with Crippen molar-refractivity contribution in [2.24, 2.45) is 0 Å². The molecule has 252 valence electrons. The summed E-state index contributed by atoms with van der Waals surface area (Å²) in [6.45, 7) is 5.92. The summed E-state index contributed by atoms with van der Waals surface area (Å²) in [7, 11) is 0. The second-order valence-electron chi connectivity index (χ2n) is 12.8. The third-order valence-corrected chi connectivity index (χ3v) is 15.4. The predicted octanol–water partition coefficient (Wildman–Crippen LogP) is -0.997. The van der Waals surface area contributed by atoms with Crippen LogP contribution in [0.2, 0.25) is 5.02 Å². The maximum atomic E-state index is 14.0. The van der Waals surface area contributed by atoms with E-state index in [1.807, 2.05) is 59.3 Å². The number of carbonyl (C=O) groups is 3. The molecule has 1 aromatic heterocycles. The molecule has 47 heavy (non-hydrogen) atoms. The Bertz CT molecular complexity index is 1630. The molecule has 1 atom stereocenters. The van der Waals surface area contributed by atoms with Crippen molar-refractivity contribution in [3.05, 3.63) is 68.4 Å². The number of hydrogen-bond donors (Lipinski definition) is 0. The molecule has 0 spiro atoms. The second-order valence-corrected chi connectivity index (χ2v) is 19.0. The molecule has 3 fully saturated rings. The number of alkyl halides is 2. The maximum absolute atomic E-state index is 14.0. The Morgan fingerprint density at radius 3 is 2.45 bits per heavy atom. The molecule has 0 radical (unpaired) electrons. The van der Waals surface area contributed by atoms with E-state index in [1.54, 1.807) is 4.90 Å². The van der Waals surface area contributed by atoms with E-state index < -0.39 is 33.4 Å². The first-order chi connectivity index (χ1) is 22.8. The van der Waals surface area contributed by atoms with Gasteiger partial charge in [-0.1, -0.05) is 11.6 Å². The number of nitrogens with zero attached hydrogens (tertiary/aromatic N) is 5. The number of rotatable bonds is 6. The van der Waals surface area contributed by atoms with Crippen LogP contribution in [0.25, 0.3) is 10.9 Å². The Balaban J connectivity index is 1.01. The van der Waals surface area contributed by atoms with Gasteiger partial charge in [-0.3, -0.25) is 0 Å². The van der Waals surface area contributed by atoms with Gasteiger partial charge in [-0.05, 0) is 18.6 Å². The monoisotopic (exact) mass is 883 g/mol. The summed E-state index contributed by atoms with van der Waals surface area (Å²) in [4.78, 5) is 53.6. The van der Waals surface area contributed by atoms with Crippen LogP contribution in [0.5, 0.6) is 0 Å². The molecule has 0 unspecified atom stereocenters. The van der Waals surface area contributed by atoms with Crippen LogP contribution in [0, 0.1) is 10.5 Å². The normalized spacial score (nSPS) is 20.8. The molecule has 9 nitrogen and oxygen atoms in total. The summed E-state index contributed by atoms with van der Waals surface area (Å²) in [6, 6.07) is 14.4. The number of piperazine rings is 1. The third-order valence-electron chi connectivity index (χ3n) is 9.74. The quantitative estimate of drug-likeness (QED) is 0.137. The minimum absolute atomic E-state index is 0.00430. The topological polar surface area (TPSA) is 86.3 Å². The molecule has 3 aromatic rings. The first-order valence-electron chi connectivity index (χ1n) is 16.5. The fourth-order valence-electron chi connectivity index (χ4n) is 7.27. The summed E-state index contributed by atoms with van der Waals surface area (Å²) in [5, 5.41) is 1.67. The van der Waals surface area contributed by atoms with E-state index in [-0.39, 0.29) is 22.3 Å². The molecule has 12 heteroatoms. The first kappa shape index (κ1) is 33.3. The summed E-state index contributed by atoms with van der Waals surface area (Å²) in [5.74, 6) is -0.136.